The maximum absolute atomic E-state index is 3.54. The molecule has 88 valence electrons. The molecule has 0 bridgehead atoms. The molecule has 0 saturated carbocycles. The molecule has 0 aliphatic heterocycles. The highest BCUT2D eigenvalue weighted by Crippen LogP contribution is 2.27. The Bertz CT molecular complexity index is 691. The van der Waals surface area contributed by atoms with Crippen molar-refractivity contribution < 1.29 is 0 Å². The highest BCUT2D eigenvalue weighted by molar-refractivity contribution is 9.10. The van der Waals surface area contributed by atoms with E-state index in [0.29, 0.717) is 0 Å². The molecule has 0 amide bonds. The van der Waals surface area contributed by atoms with Crippen LogP contribution < -0.4 is 5.32 Å². The largest absolute Gasteiger partial charge is 0.355 e. The van der Waals surface area contributed by atoms with Crippen molar-refractivity contribution in [3.05, 3.63) is 71.2 Å². The Morgan fingerprint density at radius 3 is 2.28 bits per heavy atom. The van der Waals surface area contributed by atoms with Crippen LogP contribution >= 0.6 is 15.9 Å². The van der Waals surface area contributed by atoms with Gasteiger partial charge < -0.3 is 5.32 Å². The minimum absolute atomic E-state index is 1.07. The zero-order chi connectivity index (χ0) is 12.4. The molecule has 1 N–H and O–H groups in total. The van der Waals surface area contributed by atoms with Crippen LogP contribution in [0.15, 0.2) is 71.2 Å². The summed E-state index contributed by atoms with van der Waals surface area (Å²) in [5, 5.41) is 5.92. The van der Waals surface area contributed by atoms with Gasteiger partial charge in [0.15, 0.2) is 0 Å². The first-order chi connectivity index (χ1) is 8.83. The van der Waals surface area contributed by atoms with Crippen LogP contribution in [0.25, 0.3) is 10.8 Å². The third-order valence-corrected chi connectivity index (χ3v) is 3.59. The van der Waals surface area contributed by atoms with Crippen LogP contribution in [-0.4, -0.2) is 0 Å². The van der Waals surface area contributed by atoms with Crippen LogP contribution in [0.3, 0.4) is 0 Å². The molecule has 3 rings (SSSR count). The van der Waals surface area contributed by atoms with Gasteiger partial charge in [-0.2, -0.15) is 0 Å². The monoisotopic (exact) mass is 297 g/mol. The van der Waals surface area contributed by atoms with Gasteiger partial charge >= 0.3 is 0 Å². The number of nitrogens with one attached hydrogen (secondary N) is 1. The number of hydrogen-bond donors (Lipinski definition) is 1. The fourth-order valence-electron chi connectivity index (χ4n) is 1.99. The summed E-state index contributed by atoms with van der Waals surface area (Å²) in [5.74, 6) is 0. The van der Waals surface area contributed by atoms with E-state index in [2.05, 4.69) is 69.8 Å². The van der Waals surface area contributed by atoms with Gasteiger partial charge in [-0.1, -0.05) is 42.5 Å². The van der Waals surface area contributed by atoms with E-state index >= 15 is 0 Å². The zero-order valence-corrected chi connectivity index (χ0v) is 11.3. The van der Waals surface area contributed by atoms with E-state index in [1.807, 2.05) is 18.2 Å². The van der Waals surface area contributed by atoms with E-state index in [0.717, 1.165) is 15.8 Å². The van der Waals surface area contributed by atoms with Gasteiger partial charge in [0.25, 0.3) is 0 Å². The van der Waals surface area contributed by atoms with E-state index in [4.69, 9.17) is 0 Å². The van der Waals surface area contributed by atoms with Crippen molar-refractivity contribution >= 4 is 38.1 Å². The number of halogens is 1. The lowest BCUT2D eigenvalue weighted by Crippen LogP contribution is -1.90. The van der Waals surface area contributed by atoms with Crippen molar-refractivity contribution in [3.63, 3.8) is 0 Å². The SMILES string of the molecule is Brc1ccccc1Nc1ccc2ccccc2c1. The standard InChI is InChI=1S/C16H12BrN/c17-15-7-3-4-8-16(15)18-14-10-9-12-5-1-2-6-13(12)11-14/h1-11,18H. The van der Waals surface area contributed by atoms with Gasteiger partial charge in [0.05, 0.1) is 5.69 Å². The Morgan fingerprint density at radius 2 is 1.44 bits per heavy atom. The fraction of sp³-hybridized carbons (Fsp3) is 0. The van der Waals surface area contributed by atoms with E-state index in [1.165, 1.54) is 10.8 Å². The van der Waals surface area contributed by atoms with Crippen molar-refractivity contribution in [2.45, 2.75) is 0 Å². The van der Waals surface area contributed by atoms with Crippen molar-refractivity contribution in [1.82, 2.24) is 0 Å². The molecule has 0 atom stereocenters. The first-order valence-corrected chi connectivity index (χ1v) is 6.62. The molecule has 0 radical (unpaired) electrons. The normalized spacial score (nSPS) is 10.5. The van der Waals surface area contributed by atoms with Crippen LogP contribution in [0.2, 0.25) is 0 Å². The second-order valence-electron chi connectivity index (χ2n) is 4.17. The topological polar surface area (TPSA) is 12.0 Å². The summed E-state index contributed by atoms with van der Waals surface area (Å²) in [5.41, 5.74) is 2.17. The summed E-state index contributed by atoms with van der Waals surface area (Å²) in [7, 11) is 0. The Balaban J connectivity index is 1.98. The molecular weight excluding hydrogens is 286 g/mol. The molecule has 18 heavy (non-hydrogen) atoms. The molecule has 1 nitrogen and oxygen atoms in total. The van der Waals surface area contributed by atoms with E-state index in [1.54, 1.807) is 0 Å². The lowest BCUT2D eigenvalue weighted by atomic mass is 10.1. The van der Waals surface area contributed by atoms with Gasteiger partial charge in [-0.15, -0.1) is 0 Å². The van der Waals surface area contributed by atoms with Gasteiger partial charge in [-0.05, 0) is 51.0 Å². The summed E-state index contributed by atoms with van der Waals surface area (Å²) in [6, 6.07) is 22.9. The average molecular weight is 298 g/mol. The molecule has 3 aromatic rings. The summed E-state index contributed by atoms with van der Waals surface area (Å²) < 4.78 is 1.07. The number of anilines is 2. The summed E-state index contributed by atoms with van der Waals surface area (Å²) in [6.07, 6.45) is 0. The third kappa shape index (κ3) is 2.24. The molecule has 0 aromatic heterocycles. The van der Waals surface area contributed by atoms with Gasteiger partial charge in [-0.3, -0.25) is 0 Å². The second-order valence-corrected chi connectivity index (χ2v) is 5.02. The molecule has 0 aliphatic rings. The molecule has 0 aliphatic carbocycles. The van der Waals surface area contributed by atoms with E-state index < -0.39 is 0 Å². The minimum atomic E-state index is 1.07. The summed E-state index contributed by atoms with van der Waals surface area (Å²) in [6.45, 7) is 0. The van der Waals surface area contributed by atoms with Crippen molar-refractivity contribution in [3.8, 4) is 0 Å². The minimum Gasteiger partial charge on any atom is -0.355 e. The van der Waals surface area contributed by atoms with Crippen LogP contribution in [0.1, 0.15) is 0 Å². The maximum atomic E-state index is 3.54. The van der Waals surface area contributed by atoms with Gasteiger partial charge in [0.1, 0.15) is 0 Å². The smallest absolute Gasteiger partial charge is 0.0528 e. The molecule has 0 fully saturated rings. The molecule has 0 unspecified atom stereocenters. The number of para-hydroxylation sites is 1. The van der Waals surface area contributed by atoms with E-state index in [9.17, 15) is 0 Å². The second kappa shape index (κ2) is 4.83. The third-order valence-electron chi connectivity index (χ3n) is 2.90. The summed E-state index contributed by atoms with van der Waals surface area (Å²) in [4.78, 5) is 0. The van der Waals surface area contributed by atoms with Crippen LogP contribution in [-0.2, 0) is 0 Å². The Morgan fingerprint density at radius 1 is 0.722 bits per heavy atom. The Kier molecular flexibility index (Phi) is 3.03. The average Bonchev–Trinajstić information content (AvgIpc) is 2.41. The summed E-state index contributed by atoms with van der Waals surface area (Å²) >= 11 is 3.54. The van der Waals surface area contributed by atoms with Crippen molar-refractivity contribution in [2.24, 2.45) is 0 Å². The maximum Gasteiger partial charge on any atom is 0.0528 e. The van der Waals surface area contributed by atoms with Gasteiger partial charge in [0.2, 0.25) is 0 Å². The van der Waals surface area contributed by atoms with Crippen molar-refractivity contribution in [1.29, 1.82) is 0 Å². The molecule has 0 spiro atoms. The molecule has 0 heterocycles. The Hall–Kier alpha value is -1.80. The number of fused-ring (bicyclic) bond motifs is 1. The quantitative estimate of drug-likeness (QED) is 0.673. The first-order valence-electron chi connectivity index (χ1n) is 5.83. The predicted molar refractivity (Wildman–Crippen MR) is 81.4 cm³/mol. The molecule has 0 saturated heterocycles. The van der Waals surface area contributed by atoms with Crippen LogP contribution in [0.5, 0.6) is 0 Å². The fourth-order valence-corrected chi connectivity index (χ4v) is 2.37. The number of rotatable bonds is 2. The highest BCUT2D eigenvalue weighted by atomic mass is 79.9. The van der Waals surface area contributed by atoms with Crippen molar-refractivity contribution in [2.75, 3.05) is 5.32 Å². The van der Waals surface area contributed by atoms with Gasteiger partial charge in [-0.25, -0.2) is 0 Å². The lowest BCUT2D eigenvalue weighted by Gasteiger charge is -2.09. The van der Waals surface area contributed by atoms with E-state index in [-0.39, 0.29) is 0 Å². The first kappa shape index (κ1) is 11.3. The zero-order valence-electron chi connectivity index (χ0n) is 9.73. The predicted octanol–water partition coefficient (Wildman–Crippen LogP) is 5.35. The van der Waals surface area contributed by atoms with Gasteiger partial charge in [0, 0.05) is 10.2 Å². The molecular formula is C16H12BrN. The molecule has 3 aromatic carbocycles. The van der Waals surface area contributed by atoms with Crippen LogP contribution in [0.4, 0.5) is 11.4 Å². The van der Waals surface area contributed by atoms with Crippen LogP contribution in [0, 0.1) is 0 Å². The molecule has 2 heteroatoms. The number of hydrogen-bond acceptors (Lipinski definition) is 1. The number of benzene rings is 3. The lowest BCUT2D eigenvalue weighted by molar-refractivity contribution is 1.54. The highest BCUT2D eigenvalue weighted by Gasteiger charge is 2.00. The Labute approximate surface area is 115 Å².